The molecule has 1 heterocycles. The van der Waals surface area contributed by atoms with Crippen molar-refractivity contribution in [2.75, 3.05) is 11.9 Å². The van der Waals surface area contributed by atoms with Crippen molar-refractivity contribution in [2.45, 2.75) is 20.4 Å². The van der Waals surface area contributed by atoms with Crippen LogP contribution in [0.1, 0.15) is 18.2 Å². The zero-order valence-electron chi connectivity index (χ0n) is 11.7. The lowest BCUT2D eigenvalue weighted by Crippen LogP contribution is -2.03. The van der Waals surface area contributed by atoms with E-state index in [1.165, 1.54) is 0 Å². The number of aromatic nitrogens is 1. The lowest BCUT2D eigenvalue weighted by Gasteiger charge is -2.13. The van der Waals surface area contributed by atoms with Crippen molar-refractivity contribution in [1.82, 2.24) is 4.98 Å². The molecular formula is C15H15Br3N2O. The highest BCUT2D eigenvalue weighted by Gasteiger charge is 2.09. The van der Waals surface area contributed by atoms with Crippen molar-refractivity contribution in [1.29, 1.82) is 0 Å². The van der Waals surface area contributed by atoms with Gasteiger partial charge in [0.1, 0.15) is 10.4 Å². The quantitative estimate of drug-likeness (QED) is 0.561. The second kappa shape index (κ2) is 7.61. The van der Waals surface area contributed by atoms with E-state index in [4.69, 9.17) is 4.74 Å². The van der Waals surface area contributed by atoms with Crippen molar-refractivity contribution in [3.63, 3.8) is 0 Å². The minimum atomic E-state index is 0.637. The number of hydrogen-bond acceptors (Lipinski definition) is 3. The minimum absolute atomic E-state index is 0.637. The number of halogens is 3. The van der Waals surface area contributed by atoms with Crippen molar-refractivity contribution < 1.29 is 4.74 Å². The van der Waals surface area contributed by atoms with Crippen LogP contribution in [-0.2, 0) is 6.54 Å². The van der Waals surface area contributed by atoms with Crippen LogP contribution < -0.4 is 10.1 Å². The number of benzene rings is 1. The maximum absolute atomic E-state index is 5.59. The average Bonchev–Trinajstić information content (AvgIpc) is 2.42. The average molecular weight is 479 g/mol. The summed E-state index contributed by atoms with van der Waals surface area (Å²) in [4.78, 5) is 4.38. The van der Waals surface area contributed by atoms with Crippen LogP contribution in [0.5, 0.6) is 5.75 Å². The van der Waals surface area contributed by atoms with Crippen LogP contribution in [0.15, 0.2) is 37.8 Å². The number of nitrogens with zero attached hydrogens (tertiary/aromatic N) is 1. The SMILES string of the molecule is CCOc1c(Br)cc(CNc2ccc(Br)nc2C)cc1Br. The highest BCUT2D eigenvalue weighted by Crippen LogP contribution is 2.35. The van der Waals surface area contributed by atoms with Gasteiger partial charge in [0, 0.05) is 6.54 Å². The summed E-state index contributed by atoms with van der Waals surface area (Å²) < 4.78 is 8.32. The molecule has 0 aliphatic carbocycles. The van der Waals surface area contributed by atoms with Gasteiger partial charge in [0.05, 0.1) is 26.9 Å². The molecule has 0 saturated carbocycles. The zero-order valence-corrected chi connectivity index (χ0v) is 16.5. The van der Waals surface area contributed by atoms with Crippen molar-refractivity contribution in [3.05, 3.63) is 49.1 Å². The maximum atomic E-state index is 5.59. The molecule has 2 rings (SSSR count). The fourth-order valence-electron chi connectivity index (χ4n) is 1.91. The van der Waals surface area contributed by atoms with Crippen molar-refractivity contribution >= 4 is 53.5 Å². The first-order chi connectivity index (χ1) is 10.0. The van der Waals surface area contributed by atoms with E-state index < -0.39 is 0 Å². The molecule has 1 N–H and O–H groups in total. The Labute approximate surface area is 149 Å². The van der Waals surface area contributed by atoms with Gasteiger partial charge in [0.2, 0.25) is 0 Å². The molecule has 6 heteroatoms. The maximum Gasteiger partial charge on any atom is 0.147 e. The van der Waals surface area contributed by atoms with Crippen LogP contribution in [-0.4, -0.2) is 11.6 Å². The van der Waals surface area contributed by atoms with E-state index in [0.29, 0.717) is 13.2 Å². The van der Waals surface area contributed by atoms with Crippen molar-refractivity contribution in [2.24, 2.45) is 0 Å². The van der Waals surface area contributed by atoms with Crippen LogP contribution >= 0.6 is 47.8 Å². The third-order valence-corrected chi connectivity index (χ3v) is 4.50. The van der Waals surface area contributed by atoms with Crippen LogP contribution in [0, 0.1) is 6.92 Å². The summed E-state index contributed by atoms with van der Waals surface area (Å²) in [6, 6.07) is 8.07. The van der Waals surface area contributed by atoms with E-state index in [-0.39, 0.29) is 0 Å². The van der Waals surface area contributed by atoms with Crippen LogP contribution in [0.4, 0.5) is 5.69 Å². The molecule has 1 aromatic heterocycles. The zero-order chi connectivity index (χ0) is 15.4. The predicted octanol–water partition coefficient (Wildman–Crippen LogP) is 5.69. The summed E-state index contributed by atoms with van der Waals surface area (Å²) in [6.07, 6.45) is 0. The Morgan fingerprint density at radius 3 is 2.38 bits per heavy atom. The largest absolute Gasteiger partial charge is 0.492 e. The highest BCUT2D eigenvalue weighted by molar-refractivity contribution is 9.11. The van der Waals surface area contributed by atoms with Gasteiger partial charge in [0.25, 0.3) is 0 Å². The van der Waals surface area contributed by atoms with Gasteiger partial charge in [-0.25, -0.2) is 4.98 Å². The molecule has 0 amide bonds. The molecule has 0 spiro atoms. The number of pyridine rings is 1. The molecule has 0 aliphatic rings. The number of rotatable bonds is 5. The van der Waals surface area contributed by atoms with Gasteiger partial charge in [-0.2, -0.15) is 0 Å². The lowest BCUT2D eigenvalue weighted by molar-refractivity contribution is 0.336. The Balaban J connectivity index is 2.13. The molecule has 2 aromatic rings. The number of anilines is 1. The summed E-state index contributed by atoms with van der Waals surface area (Å²) in [5, 5.41) is 3.40. The first-order valence-corrected chi connectivity index (χ1v) is 8.87. The standard InChI is InChI=1S/C15H15Br3N2O/c1-3-21-15-11(16)6-10(7-12(15)17)8-19-13-4-5-14(18)20-9(13)2/h4-7,19H,3,8H2,1-2H3. The molecule has 112 valence electrons. The topological polar surface area (TPSA) is 34.1 Å². The monoisotopic (exact) mass is 476 g/mol. The van der Waals surface area contributed by atoms with E-state index in [1.54, 1.807) is 0 Å². The fraction of sp³-hybridized carbons (Fsp3) is 0.267. The number of ether oxygens (including phenoxy) is 1. The third-order valence-electron chi connectivity index (χ3n) is 2.88. The first-order valence-electron chi connectivity index (χ1n) is 6.49. The second-order valence-corrected chi connectivity index (χ2v) is 6.96. The minimum Gasteiger partial charge on any atom is -0.492 e. The number of nitrogens with one attached hydrogen (secondary N) is 1. The van der Waals surface area contributed by atoms with Gasteiger partial charge in [0.15, 0.2) is 0 Å². The van der Waals surface area contributed by atoms with Gasteiger partial charge in [-0.3, -0.25) is 0 Å². The van der Waals surface area contributed by atoms with E-state index in [1.807, 2.05) is 26.0 Å². The molecule has 0 bridgehead atoms. The van der Waals surface area contributed by atoms with Gasteiger partial charge in [-0.1, -0.05) is 0 Å². The van der Waals surface area contributed by atoms with Crippen LogP contribution in [0.25, 0.3) is 0 Å². The van der Waals surface area contributed by atoms with E-state index in [2.05, 4.69) is 70.2 Å². The molecule has 0 atom stereocenters. The Morgan fingerprint density at radius 1 is 1.14 bits per heavy atom. The Morgan fingerprint density at radius 2 is 1.81 bits per heavy atom. The molecule has 1 aromatic carbocycles. The normalized spacial score (nSPS) is 10.5. The Bertz CT molecular complexity index is 624. The molecule has 0 aliphatic heterocycles. The van der Waals surface area contributed by atoms with Gasteiger partial charge >= 0.3 is 0 Å². The molecule has 3 nitrogen and oxygen atoms in total. The summed E-state index contributed by atoms with van der Waals surface area (Å²) in [5.74, 6) is 0.836. The highest BCUT2D eigenvalue weighted by atomic mass is 79.9. The Kier molecular flexibility index (Phi) is 6.08. The molecule has 0 saturated heterocycles. The molecule has 0 radical (unpaired) electrons. The number of hydrogen-bond donors (Lipinski definition) is 1. The molecule has 0 fully saturated rings. The first kappa shape index (κ1) is 16.8. The van der Waals surface area contributed by atoms with E-state index in [9.17, 15) is 0 Å². The molecule has 21 heavy (non-hydrogen) atoms. The van der Waals surface area contributed by atoms with Gasteiger partial charge in [-0.15, -0.1) is 0 Å². The fourth-order valence-corrected chi connectivity index (χ4v) is 3.82. The van der Waals surface area contributed by atoms with Crippen molar-refractivity contribution in [3.8, 4) is 5.75 Å². The summed E-state index contributed by atoms with van der Waals surface area (Å²) in [7, 11) is 0. The van der Waals surface area contributed by atoms with E-state index >= 15 is 0 Å². The Hall–Kier alpha value is -0.590. The molecular weight excluding hydrogens is 464 g/mol. The smallest absolute Gasteiger partial charge is 0.147 e. The summed E-state index contributed by atoms with van der Waals surface area (Å²) in [5.41, 5.74) is 3.15. The summed E-state index contributed by atoms with van der Waals surface area (Å²) in [6.45, 7) is 5.31. The lowest BCUT2D eigenvalue weighted by atomic mass is 10.2. The molecule has 0 unspecified atom stereocenters. The number of aryl methyl sites for hydroxylation is 1. The van der Waals surface area contributed by atoms with Gasteiger partial charge < -0.3 is 10.1 Å². The van der Waals surface area contributed by atoms with Gasteiger partial charge in [-0.05, 0) is 91.5 Å². The summed E-state index contributed by atoms with van der Waals surface area (Å²) >= 11 is 10.5. The van der Waals surface area contributed by atoms with E-state index in [0.717, 1.165) is 36.2 Å². The predicted molar refractivity (Wildman–Crippen MR) is 97.0 cm³/mol. The third kappa shape index (κ3) is 4.44. The van der Waals surface area contributed by atoms with Crippen LogP contribution in [0.3, 0.4) is 0 Å². The second-order valence-electron chi connectivity index (χ2n) is 4.44. The van der Waals surface area contributed by atoms with Crippen LogP contribution in [0.2, 0.25) is 0 Å².